The molecule has 0 aliphatic carbocycles. The van der Waals surface area contributed by atoms with E-state index in [4.69, 9.17) is 4.74 Å². The van der Waals surface area contributed by atoms with Crippen molar-refractivity contribution in [3.05, 3.63) is 56.7 Å². The van der Waals surface area contributed by atoms with Gasteiger partial charge in [0, 0.05) is 9.26 Å². The quantitative estimate of drug-likeness (QED) is 0.787. The van der Waals surface area contributed by atoms with Gasteiger partial charge in [-0.1, -0.05) is 6.07 Å². The Kier molecular flexibility index (Phi) is 5.22. The van der Waals surface area contributed by atoms with E-state index in [9.17, 15) is 4.79 Å². The third kappa shape index (κ3) is 4.46. The molecule has 0 atom stereocenters. The maximum Gasteiger partial charge on any atom is 0.262 e. The minimum atomic E-state index is -0.158. The standard InChI is InChI=1S/C17H18INO2/c1-11-8-12(2)13(3)16(9-11)21-10-17(20)19-15-6-4-14(18)5-7-15/h4-9H,10H2,1-3H3,(H,19,20). The molecule has 0 aliphatic rings. The first-order valence-corrected chi connectivity index (χ1v) is 7.79. The Morgan fingerprint density at radius 2 is 1.81 bits per heavy atom. The molecule has 3 nitrogen and oxygen atoms in total. The van der Waals surface area contributed by atoms with Crippen LogP contribution in [-0.2, 0) is 4.79 Å². The SMILES string of the molecule is Cc1cc(C)c(C)c(OCC(=O)Nc2ccc(I)cc2)c1. The Labute approximate surface area is 138 Å². The van der Waals surface area contributed by atoms with Crippen LogP contribution >= 0.6 is 22.6 Å². The van der Waals surface area contributed by atoms with Crippen molar-refractivity contribution in [3.8, 4) is 5.75 Å². The zero-order chi connectivity index (χ0) is 15.4. The fourth-order valence-corrected chi connectivity index (χ4v) is 2.38. The molecule has 2 rings (SSSR count). The number of anilines is 1. The Bertz CT molecular complexity index is 651. The average molecular weight is 395 g/mol. The first-order valence-electron chi connectivity index (χ1n) is 6.72. The minimum absolute atomic E-state index is 0.00964. The predicted octanol–water partition coefficient (Wildman–Crippen LogP) is 4.23. The van der Waals surface area contributed by atoms with Crippen molar-refractivity contribution in [1.82, 2.24) is 0 Å². The maximum absolute atomic E-state index is 11.9. The van der Waals surface area contributed by atoms with Gasteiger partial charge >= 0.3 is 0 Å². The number of carbonyl (C=O) groups is 1. The molecule has 2 aromatic carbocycles. The summed E-state index contributed by atoms with van der Waals surface area (Å²) in [5, 5.41) is 2.82. The molecule has 2 aromatic rings. The third-order valence-corrected chi connectivity index (χ3v) is 3.97. The number of amides is 1. The summed E-state index contributed by atoms with van der Waals surface area (Å²) < 4.78 is 6.77. The second-order valence-electron chi connectivity index (χ2n) is 5.05. The molecule has 0 aromatic heterocycles. The molecule has 0 heterocycles. The van der Waals surface area contributed by atoms with Crippen LogP contribution in [0, 0.1) is 24.3 Å². The van der Waals surface area contributed by atoms with Gasteiger partial charge in [-0.2, -0.15) is 0 Å². The molecule has 0 unspecified atom stereocenters. The average Bonchev–Trinajstić information content (AvgIpc) is 2.44. The van der Waals surface area contributed by atoms with Crippen LogP contribution in [0.5, 0.6) is 5.75 Å². The number of rotatable bonds is 4. The highest BCUT2D eigenvalue weighted by Crippen LogP contribution is 2.23. The maximum atomic E-state index is 11.9. The molecule has 0 saturated carbocycles. The lowest BCUT2D eigenvalue weighted by molar-refractivity contribution is -0.118. The molecule has 1 amide bonds. The molecule has 0 spiro atoms. The zero-order valence-electron chi connectivity index (χ0n) is 12.4. The third-order valence-electron chi connectivity index (χ3n) is 3.25. The molecule has 0 bridgehead atoms. The minimum Gasteiger partial charge on any atom is -0.483 e. The van der Waals surface area contributed by atoms with Crippen LogP contribution in [-0.4, -0.2) is 12.5 Å². The van der Waals surface area contributed by atoms with Crippen LogP contribution < -0.4 is 10.1 Å². The number of halogens is 1. The number of nitrogens with one attached hydrogen (secondary N) is 1. The van der Waals surface area contributed by atoms with Gasteiger partial charge < -0.3 is 10.1 Å². The van der Waals surface area contributed by atoms with Gasteiger partial charge in [0.05, 0.1) is 0 Å². The lowest BCUT2D eigenvalue weighted by Crippen LogP contribution is -2.20. The topological polar surface area (TPSA) is 38.3 Å². The number of hydrogen-bond acceptors (Lipinski definition) is 2. The predicted molar refractivity (Wildman–Crippen MR) is 93.9 cm³/mol. The van der Waals surface area contributed by atoms with Crippen molar-refractivity contribution in [1.29, 1.82) is 0 Å². The Morgan fingerprint density at radius 3 is 2.48 bits per heavy atom. The lowest BCUT2D eigenvalue weighted by atomic mass is 10.1. The number of aryl methyl sites for hydroxylation is 2. The van der Waals surface area contributed by atoms with Crippen molar-refractivity contribution in [2.75, 3.05) is 11.9 Å². The summed E-state index contributed by atoms with van der Waals surface area (Å²) >= 11 is 2.23. The van der Waals surface area contributed by atoms with E-state index >= 15 is 0 Å². The van der Waals surface area contributed by atoms with E-state index in [0.29, 0.717) is 0 Å². The number of ether oxygens (including phenoxy) is 1. The van der Waals surface area contributed by atoms with Crippen molar-refractivity contribution in [2.45, 2.75) is 20.8 Å². The normalized spacial score (nSPS) is 10.3. The first kappa shape index (κ1) is 15.8. The Hall–Kier alpha value is -1.56. The van der Waals surface area contributed by atoms with E-state index in [0.717, 1.165) is 26.1 Å². The monoisotopic (exact) mass is 395 g/mol. The van der Waals surface area contributed by atoms with Crippen LogP contribution in [0.2, 0.25) is 0 Å². The molecular formula is C17H18INO2. The molecule has 110 valence electrons. The molecule has 21 heavy (non-hydrogen) atoms. The number of benzene rings is 2. The fourth-order valence-electron chi connectivity index (χ4n) is 2.02. The highest BCUT2D eigenvalue weighted by molar-refractivity contribution is 14.1. The zero-order valence-corrected chi connectivity index (χ0v) is 14.5. The fraction of sp³-hybridized carbons (Fsp3) is 0.235. The summed E-state index contributed by atoms with van der Waals surface area (Å²) in [7, 11) is 0. The van der Waals surface area contributed by atoms with Gasteiger partial charge in [-0.3, -0.25) is 4.79 Å². The van der Waals surface area contributed by atoms with Crippen LogP contribution in [0.3, 0.4) is 0 Å². The molecule has 0 aliphatic heterocycles. The summed E-state index contributed by atoms with van der Waals surface area (Å²) in [6, 6.07) is 11.7. The number of hydrogen-bond donors (Lipinski definition) is 1. The van der Waals surface area contributed by atoms with E-state index < -0.39 is 0 Å². The van der Waals surface area contributed by atoms with E-state index in [1.165, 1.54) is 5.56 Å². The summed E-state index contributed by atoms with van der Waals surface area (Å²) in [6.45, 7) is 6.07. The van der Waals surface area contributed by atoms with Gasteiger partial charge in [0.2, 0.25) is 0 Å². The van der Waals surface area contributed by atoms with Crippen molar-refractivity contribution < 1.29 is 9.53 Å². The summed E-state index contributed by atoms with van der Waals surface area (Å²) in [4.78, 5) is 11.9. The van der Waals surface area contributed by atoms with Gasteiger partial charge in [0.15, 0.2) is 6.61 Å². The largest absolute Gasteiger partial charge is 0.483 e. The second kappa shape index (κ2) is 6.93. The van der Waals surface area contributed by atoms with Crippen LogP contribution in [0.25, 0.3) is 0 Å². The van der Waals surface area contributed by atoms with Gasteiger partial charge in [-0.15, -0.1) is 0 Å². The van der Waals surface area contributed by atoms with E-state index in [-0.39, 0.29) is 12.5 Å². The highest BCUT2D eigenvalue weighted by atomic mass is 127. The van der Waals surface area contributed by atoms with E-state index in [1.807, 2.05) is 51.1 Å². The smallest absolute Gasteiger partial charge is 0.262 e. The molecular weight excluding hydrogens is 377 g/mol. The number of carbonyl (C=O) groups excluding carboxylic acids is 1. The van der Waals surface area contributed by atoms with Gasteiger partial charge in [-0.25, -0.2) is 0 Å². The Morgan fingerprint density at radius 1 is 1.14 bits per heavy atom. The molecule has 4 heteroatoms. The van der Waals surface area contributed by atoms with Crippen LogP contribution in [0.15, 0.2) is 36.4 Å². The first-order chi connectivity index (χ1) is 9.95. The highest BCUT2D eigenvalue weighted by Gasteiger charge is 2.07. The van der Waals surface area contributed by atoms with Crippen LogP contribution in [0.4, 0.5) is 5.69 Å². The van der Waals surface area contributed by atoms with Crippen LogP contribution in [0.1, 0.15) is 16.7 Å². The molecule has 0 saturated heterocycles. The Balaban J connectivity index is 1.97. The van der Waals surface area contributed by atoms with Crippen molar-refractivity contribution in [2.24, 2.45) is 0 Å². The lowest BCUT2D eigenvalue weighted by Gasteiger charge is -2.12. The second-order valence-corrected chi connectivity index (χ2v) is 6.29. The van der Waals surface area contributed by atoms with Gasteiger partial charge in [0.1, 0.15) is 5.75 Å². The molecule has 1 N–H and O–H groups in total. The van der Waals surface area contributed by atoms with Gasteiger partial charge in [0.25, 0.3) is 5.91 Å². The van der Waals surface area contributed by atoms with Gasteiger partial charge in [-0.05, 0) is 90.4 Å². The van der Waals surface area contributed by atoms with Crippen molar-refractivity contribution >= 4 is 34.2 Å². The molecule has 0 radical (unpaired) electrons. The van der Waals surface area contributed by atoms with Crippen molar-refractivity contribution in [3.63, 3.8) is 0 Å². The molecule has 0 fully saturated rings. The van der Waals surface area contributed by atoms with E-state index in [2.05, 4.69) is 34.0 Å². The summed E-state index contributed by atoms with van der Waals surface area (Å²) in [5.41, 5.74) is 4.15. The summed E-state index contributed by atoms with van der Waals surface area (Å²) in [6.07, 6.45) is 0. The van der Waals surface area contributed by atoms with E-state index in [1.54, 1.807) is 0 Å². The summed E-state index contributed by atoms with van der Waals surface area (Å²) in [5.74, 6) is 0.611.